The van der Waals surface area contributed by atoms with E-state index in [9.17, 15) is 23.4 Å². The first-order valence-corrected chi connectivity index (χ1v) is 10.4. The highest BCUT2D eigenvalue weighted by Crippen LogP contribution is 2.25. The Bertz CT molecular complexity index is 999. The summed E-state index contributed by atoms with van der Waals surface area (Å²) in [4.78, 5) is 11.0. The zero-order valence-corrected chi connectivity index (χ0v) is 17.1. The second kappa shape index (κ2) is 9.42. The van der Waals surface area contributed by atoms with Crippen molar-refractivity contribution < 1.29 is 28.2 Å². The topological polar surface area (TPSA) is 165 Å². The van der Waals surface area contributed by atoms with Crippen LogP contribution in [0.4, 0.5) is 0 Å². The Hall–Kier alpha value is -2.37. The third kappa shape index (κ3) is 6.31. The van der Waals surface area contributed by atoms with Crippen LogP contribution in [0.15, 0.2) is 41.3 Å². The van der Waals surface area contributed by atoms with Gasteiger partial charge in [-0.3, -0.25) is 4.79 Å². The number of hydrogen-bond acceptors (Lipinski definition) is 7. The van der Waals surface area contributed by atoms with Crippen LogP contribution in [0.2, 0.25) is 5.02 Å². The van der Waals surface area contributed by atoms with E-state index in [1.165, 1.54) is 36.4 Å². The van der Waals surface area contributed by atoms with E-state index < -0.39 is 22.0 Å². The molecule has 29 heavy (non-hydrogen) atoms. The number of nitrogens with two attached hydrogens (primary N) is 2. The molecule has 0 saturated carbocycles. The normalized spacial score (nSPS) is 13.7. The minimum atomic E-state index is -4.01. The largest absolute Gasteiger partial charge is 0.507 e. The van der Waals surface area contributed by atoms with E-state index in [0.29, 0.717) is 11.3 Å². The summed E-state index contributed by atoms with van der Waals surface area (Å²) >= 11 is 5.84. The van der Waals surface area contributed by atoms with Gasteiger partial charge in [-0.1, -0.05) is 17.7 Å². The van der Waals surface area contributed by atoms with Crippen LogP contribution in [-0.4, -0.2) is 43.7 Å². The first-order chi connectivity index (χ1) is 13.5. The number of ether oxygens (including phenoxy) is 1. The number of halogens is 1. The zero-order valence-electron chi connectivity index (χ0n) is 15.5. The molecule has 7 N–H and O–H groups in total. The summed E-state index contributed by atoms with van der Waals surface area (Å²) in [7, 11) is -4.01. The number of nitrogens with one attached hydrogen (secondary N) is 1. The van der Waals surface area contributed by atoms with Crippen molar-refractivity contribution >= 4 is 27.5 Å². The molecule has 0 radical (unpaired) electrons. The molecule has 1 amide bonds. The number of carbonyl (C=O) groups excluding carboxylic acids is 1. The van der Waals surface area contributed by atoms with E-state index in [1.807, 2.05) is 0 Å². The summed E-state index contributed by atoms with van der Waals surface area (Å²) in [5.41, 5.74) is 5.46. The average Bonchev–Trinajstić information content (AvgIpc) is 2.64. The number of aliphatic hydroxyl groups is 1. The second-order valence-electron chi connectivity index (χ2n) is 6.41. The van der Waals surface area contributed by atoms with Crippen LogP contribution in [-0.2, 0) is 10.0 Å². The maximum atomic E-state index is 11.5. The fourth-order valence-electron chi connectivity index (χ4n) is 2.46. The number of aliphatic hydroxyl groups excluding tert-OH is 1. The highest BCUT2D eigenvalue weighted by atomic mass is 35.5. The number of hydrogen-bond donors (Lipinski definition) is 5. The number of sulfonamides is 1. The third-order valence-corrected chi connectivity index (χ3v) is 5.43. The van der Waals surface area contributed by atoms with Gasteiger partial charge in [0.25, 0.3) is 5.91 Å². The summed E-state index contributed by atoms with van der Waals surface area (Å²) in [5.74, 6) is -0.661. The molecule has 0 fully saturated rings. The lowest BCUT2D eigenvalue weighted by Gasteiger charge is -2.19. The number of amides is 1. The highest BCUT2D eigenvalue weighted by Gasteiger charge is 2.17. The third-order valence-electron chi connectivity index (χ3n) is 4.04. The van der Waals surface area contributed by atoms with E-state index in [4.69, 9.17) is 27.2 Å². The molecule has 0 bridgehead atoms. The van der Waals surface area contributed by atoms with Gasteiger partial charge in [-0.05, 0) is 42.8 Å². The Labute approximate surface area is 173 Å². The molecule has 9 nitrogen and oxygen atoms in total. The van der Waals surface area contributed by atoms with Crippen molar-refractivity contribution in [2.24, 2.45) is 10.9 Å². The fourth-order valence-corrected chi connectivity index (χ4v) is 3.54. The molecular formula is C18H22ClN3O6S. The number of phenols is 1. The first-order valence-electron chi connectivity index (χ1n) is 8.48. The molecule has 0 aliphatic rings. The quantitative estimate of drug-likeness (QED) is 0.383. The van der Waals surface area contributed by atoms with Gasteiger partial charge in [0.2, 0.25) is 10.0 Å². The Morgan fingerprint density at radius 3 is 2.59 bits per heavy atom. The number of aromatic hydroxyl groups is 1. The Morgan fingerprint density at radius 2 is 1.97 bits per heavy atom. The fraction of sp³-hybridized carbons (Fsp3) is 0.278. The highest BCUT2D eigenvalue weighted by molar-refractivity contribution is 7.89. The van der Waals surface area contributed by atoms with E-state index in [-0.39, 0.29) is 40.4 Å². The molecule has 0 spiro atoms. The maximum Gasteiger partial charge on any atom is 0.252 e. The molecule has 2 aromatic carbocycles. The van der Waals surface area contributed by atoms with Crippen molar-refractivity contribution in [3.05, 3.63) is 52.5 Å². The molecule has 2 unspecified atom stereocenters. The van der Waals surface area contributed by atoms with Crippen LogP contribution >= 0.6 is 11.6 Å². The number of benzene rings is 2. The molecule has 2 atom stereocenters. The Kier molecular flexibility index (Phi) is 7.44. The van der Waals surface area contributed by atoms with Gasteiger partial charge in [0, 0.05) is 12.6 Å². The maximum absolute atomic E-state index is 11.5. The van der Waals surface area contributed by atoms with Crippen LogP contribution in [0.1, 0.15) is 28.9 Å². The second-order valence-corrected chi connectivity index (χ2v) is 8.35. The van der Waals surface area contributed by atoms with E-state index in [0.717, 1.165) is 0 Å². The molecule has 11 heteroatoms. The molecule has 0 aliphatic carbocycles. The number of primary amides is 1. The molecule has 0 heterocycles. The summed E-state index contributed by atoms with van der Waals surface area (Å²) in [6, 6.07) is 8.02. The molecule has 0 saturated heterocycles. The van der Waals surface area contributed by atoms with Gasteiger partial charge in [0.1, 0.15) is 23.0 Å². The van der Waals surface area contributed by atoms with Crippen molar-refractivity contribution in [3.63, 3.8) is 0 Å². The van der Waals surface area contributed by atoms with Crippen molar-refractivity contribution in [2.75, 3.05) is 13.2 Å². The molecular weight excluding hydrogens is 422 g/mol. The van der Waals surface area contributed by atoms with Crippen molar-refractivity contribution in [1.82, 2.24) is 5.32 Å². The smallest absolute Gasteiger partial charge is 0.252 e. The van der Waals surface area contributed by atoms with E-state index in [2.05, 4.69) is 5.32 Å². The summed E-state index contributed by atoms with van der Waals surface area (Å²) in [5, 5.41) is 28.0. The summed E-state index contributed by atoms with van der Waals surface area (Å²) in [6.45, 7) is 2.11. The van der Waals surface area contributed by atoms with Crippen LogP contribution in [0.5, 0.6) is 11.5 Å². The number of primary sulfonamides is 1. The van der Waals surface area contributed by atoms with Gasteiger partial charge in [-0.25, -0.2) is 13.6 Å². The Balaban J connectivity index is 1.93. The lowest BCUT2D eigenvalue weighted by atomic mass is 10.1. The summed E-state index contributed by atoms with van der Waals surface area (Å²) in [6.07, 6.45) is -1.01. The zero-order chi connectivity index (χ0) is 21.8. The average molecular weight is 444 g/mol. The van der Waals surface area contributed by atoms with Gasteiger partial charge >= 0.3 is 0 Å². The molecule has 2 aromatic rings. The molecule has 0 aromatic heterocycles. The van der Waals surface area contributed by atoms with Crippen molar-refractivity contribution in [1.29, 1.82) is 0 Å². The molecule has 0 aliphatic heterocycles. The van der Waals surface area contributed by atoms with Crippen LogP contribution in [0, 0.1) is 0 Å². The van der Waals surface area contributed by atoms with Gasteiger partial charge in [-0.2, -0.15) is 0 Å². The van der Waals surface area contributed by atoms with Gasteiger partial charge in [-0.15, -0.1) is 0 Å². The SMILES string of the molecule is CC(COc1ccc(O)c(C(N)=O)c1)NCC(O)c1ccc(Cl)c(S(N)(=O)=O)c1. The van der Waals surface area contributed by atoms with E-state index in [1.54, 1.807) is 6.92 Å². The van der Waals surface area contributed by atoms with Crippen LogP contribution in [0.25, 0.3) is 0 Å². The minimum absolute atomic E-state index is 0.0256. The van der Waals surface area contributed by atoms with Gasteiger partial charge < -0.3 is 26.0 Å². The molecule has 158 valence electrons. The number of rotatable bonds is 9. The van der Waals surface area contributed by atoms with Crippen LogP contribution in [0.3, 0.4) is 0 Å². The lowest BCUT2D eigenvalue weighted by Crippen LogP contribution is -2.35. The van der Waals surface area contributed by atoms with Crippen LogP contribution < -0.4 is 20.9 Å². The first kappa shape index (κ1) is 22.9. The van der Waals surface area contributed by atoms with Gasteiger partial charge in [0.05, 0.1) is 16.7 Å². The minimum Gasteiger partial charge on any atom is -0.507 e. The molecule has 2 rings (SSSR count). The van der Waals surface area contributed by atoms with Gasteiger partial charge in [0.15, 0.2) is 0 Å². The predicted molar refractivity (Wildman–Crippen MR) is 107 cm³/mol. The predicted octanol–water partition coefficient (Wildman–Crippen LogP) is 0.882. The van der Waals surface area contributed by atoms with E-state index >= 15 is 0 Å². The van der Waals surface area contributed by atoms with Crippen molar-refractivity contribution in [2.45, 2.75) is 24.0 Å². The monoisotopic (exact) mass is 443 g/mol. The van der Waals surface area contributed by atoms with Crippen molar-refractivity contribution in [3.8, 4) is 11.5 Å². The lowest BCUT2D eigenvalue weighted by molar-refractivity contribution is 0.0997. The standard InChI is InChI=1S/C18H22ClN3O6S/c1-10(9-28-12-3-5-15(23)13(7-12)18(20)25)22-8-16(24)11-2-4-14(19)17(6-11)29(21,26)27/h2-7,10,16,22-24H,8-9H2,1H3,(H2,20,25)(H2,21,26,27). The Morgan fingerprint density at radius 1 is 1.28 bits per heavy atom. The summed E-state index contributed by atoms with van der Waals surface area (Å²) < 4.78 is 28.6. The number of carbonyl (C=O) groups is 1.